The van der Waals surface area contributed by atoms with Crippen molar-refractivity contribution in [3.05, 3.63) is 47.9 Å². The number of anilines is 1. The quantitative estimate of drug-likeness (QED) is 0.811. The zero-order chi connectivity index (χ0) is 15.1. The van der Waals surface area contributed by atoms with Crippen LogP contribution >= 0.6 is 0 Å². The van der Waals surface area contributed by atoms with E-state index in [-0.39, 0.29) is 6.42 Å². The zero-order valence-electron chi connectivity index (χ0n) is 11.7. The van der Waals surface area contributed by atoms with Gasteiger partial charge in [0, 0.05) is 24.5 Å². The van der Waals surface area contributed by atoms with Gasteiger partial charge in [-0.2, -0.15) is 0 Å². The van der Waals surface area contributed by atoms with Crippen molar-refractivity contribution in [1.29, 1.82) is 0 Å². The van der Waals surface area contributed by atoms with E-state index < -0.39 is 5.97 Å². The molecule has 0 radical (unpaired) electrons. The van der Waals surface area contributed by atoms with Crippen LogP contribution < -0.4 is 10.1 Å². The van der Waals surface area contributed by atoms with Crippen LogP contribution in [0.4, 0.5) is 5.69 Å². The molecule has 6 heteroatoms. The molecule has 0 bridgehead atoms. The minimum absolute atomic E-state index is 0.126. The number of ether oxygens (including phenoxy) is 1. The summed E-state index contributed by atoms with van der Waals surface area (Å²) in [7, 11) is 1.56. The first-order valence-corrected chi connectivity index (χ1v) is 6.57. The Balaban J connectivity index is 1.99. The molecule has 0 aliphatic rings. The van der Waals surface area contributed by atoms with E-state index in [0.29, 0.717) is 18.8 Å². The lowest BCUT2D eigenvalue weighted by molar-refractivity contribution is -0.136. The van der Waals surface area contributed by atoms with Gasteiger partial charge in [0.1, 0.15) is 5.69 Å². The fraction of sp³-hybridized carbons (Fsp3) is 0.267. The Labute approximate surface area is 122 Å². The van der Waals surface area contributed by atoms with E-state index in [9.17, 15) is 4.79 Å². The topological polar surface area (TPSA) is 84.3 Å². The summed E-state index contributed by atoms with van der Waals surface area (Å²) in [4.78, 5) is 18.9. The molecule has 110 valence electrons. The molecule has 2 N–H and O–H groups in total. The maximum Gasteiger partial charge on any atom is 0.303 e. The first kappa shape index (κ1) is 14.8. The minimum Gasteiger partial charge on any atom is -0.481 e. The average Bonchev–Trinajstić information content (AvgIpc) is 2.51. The van der Waals surface area contributed by atoms with Crippen molar-refractivity contribution in [3.8, 4) is 5.88 Å². The van der Waals surface area contributed by atoms with Gasteiger partial charge in [-0.05, 0) is 24.1 Å². The Morgan fingerprint density at radius 3 is 2.90 bits per heavy atom. The summed E-state index contributed by atoms with van der Waals surface area (Å²) in [6.45, 7) is 0.486. The molecule has 0 aliphatic carbocycles. The van der Waals surface area contributed by atoms with E-state index >= 15 is 0 Å². The fourth-order valence-corrected chi connectivity index (χ4v) is 1.92. The Hall–Kier alpha value is -2.63. The predicted octanol–water partition coefficient (Wildman–Crippen LogP) is 2.11. The summed E-state index contributed by atoms with van der Waals surface area (Å²) in [5.41, 5.74) is 2.61. The summed E-state index contributed by atoms with van der Waals surface area (Å²) in [5.74, 6) is -0.301. The highest BCUT2D eigenvalue weighted by Gasteiger charge is 2.05. The molecule has 1 aromatic heterocycles. The zero-order valence-corrected chi connectivity index (χ0v) is 11.7. The van der Waals surface area contributed by atoms with Crippen LogP contribution in [0.5, 0.6) is 5.88 Å². The van der Waals surface area contributed by atoms with Crippen molar-refractivity contribution in [3.63, 3.8) is 0 Å². The molecule has 2 aromatic rings. The number of rotatable bonds is 7. The van der Waals surface area contributed by atoms with Crippen molar-refractivity contribution in [1.82, 2.24) is 9.97 Å². The first-order chi connectivity index (χ1) is 10.2. The number of carbonyl (C=O) groups is 1. The third kappa shape index (κ3) is 4.45. The Morgan fingerprint density at radius 1 is 1.33 bits per heavy atom. The molecule has 0 saturated carbocycles. The molecule has 1 heterocycles. The molecule has 0 fully saturated rings. The van der Waals surface area contributed by atoms with Gasteiger partial charge in [-0.1, -0.05) is 12.1 Å². The molecule has 0 unspecified atom stereocenters. The molecule has 2 rings (SSSR count). The minimum atomic E-state index is -0.794. The van der Waals surface area contributed by atoms with Crippen molar-refractivity contribution in [2.45, 2.75) is 19.4 Å². The second-order valence-electron chi connectivity index (χ2n) is 4.46. The van der Waals surface area contributed by atoms with Gasteiger partial charge >= 0.3 is 5.97 Å². The fourth-order valence-electron chi connectivity index (χ4n) is 1.92. The number of carboxylic acid groups (broad SMARTS) is 1. The Kier molecular flexibility index (Phi) is 5.09. The van der Waals surface area contributed by atoms with Crippen LogP contribution in [-0.4, -0.2) is 28.2 Å². The van der Waals surface area contributed by atoms with Crippen molar-refractivity contribution in [2.75, 3.05) is 12.4 Å². The van der Waals surface area contributed by atoms with E-state index in [0.717, 1.165) is 16.9 Å². The number of carboxylic acids is 1. The highest BCUT2D eigenvalue weighted by molar-refractivity contribution is 5.67. The first-order valence-electron chi connectivity index (χ1n) is 6.57. The summed E-state index contributed by atoms with van der Waals surface area (Å²) < 4.78 is 5.14. The van der Waals surface area contributed by atoms with Crippen LogP contribution in [0.2, 0.25) is 0 Å². The SMILES string of the molecule is COc1nccnc1CNc1cccc(CCC(=O)O)c1. The number of hydrogen-bond donors (Lipinski definition) is 2. The van der Waals surface area contributed by atoms with Crippen molar-refractivity contribution < 1.29 is 14.6 Å². The lowest BCUT2D eigenvalue weighted by Crippen LogP contribution is -2.05. The molecule has 0 spiro atoms. The molecule has 21 heavy (non-hydrogen) atoms. The van der Waals surface area contributed by atoms with Crippen LogP contribution in [0.15, 0.2) is 36.7 Å². The highest BCUT2D eigenvalue weighted by Crippen LogP contribution is 2.16. The van der Waals surface area contributed by atoms with Gasteiger partial charge in [0.05, 0.1) is 13.7 Å². The van der Waals surface area contributed by atoms with Crippen molar-refractivity contribution >= 4 is 11.7 Å². The monoisotopic (exact) mass is 287 g/mol. The number of nitrogens with zero attached hydrogens (tertiary/aromatic N) is 2. The standard InChI is InChI=1S/C15H17N3O3/c1-21-15-13(16-7-8-17-15)10-18-12-4-2-3-11(9-12)5-6-14(19)20/h2-4,7-9,18H,5-6,10H2,1H3,(H,19,20). The highest BCUT2D eigenvalue weighted by atomic mass is 16.5. The second kappa shape index (κ2) is 7.23. The molecule has 0 aliphatic heterocycles. The van der Waals surface area contributed by atoms with Gasteiger partial charge in [-0.3, -0.25) is 9.78 Å². The maximum atomic E-state index is 10.6. The number of methoxy groups -OCH3 is 1. The predicted molar refractivity (Wildman–Crippen MR) is 78.3 cm³/mol. The van der Waals surface area contributed by atoms with E-state index in [1.807, 2.05) is 24.3 Å². The van der Waals surface area contributed by atoms with Crippen LogP contribution in [0.25, 0.3) is 0 Å². The van der Waals surface area contributed by atoms with E-state index in [1.165, 1.54) is 0 Å². The number of aromatic nitrogens is 2. The van der Waals surface area contributed by atoms with Gasteiger partial charge in [-0.15, -0.1) is 0 Å². The molecular weight excluding hydrogens is 270 g/mol. The van der Waals surface area contributed by atoms with E-state index in [4.69, 9.17) is 9.84 Å². The molecule has 0 amide bonds. The molecule has 0 atom stereocenters. The van der Waals surface area contributed by atoms with Gasteiger partial charge in [0.2, 0.25) is 5.88 Å². The molecule has 1 aromatic carbocycles. The number of benzene rings is 1. The van der Waals surface area contributed by atoms with Crippen LogP contribution in [0.3, 0.4) is 0 Å². The van der Waals surface area contributed by atoms with E-state index in [1.54, 1.807) is 19.5 Å². The summed E-state index contributed by atoms with van der Waals surface area (Å²) in [5, 5.41) is 11.9. The van der Waals surface area contributed by atoms with E-state index in [2.05, 4.69) is 15.3 Å². The van der Waals surface area contributed by atoms with Crippen LogP contribution in [-0.2, 0) is 17.8 Å². The third-order valence-electron chi connectivity index (χ3n) is 2.94. The Bertz CT molecular complexity index is 617. The molecule has 6 nitrogen and oxygen atoms in total. The normalized spacial score (nSPS) is 10.1. The average molecular weight is 287 g/mol. The smallest absolute Gasteiger partial charge is 0.303 e. The lowest BCUT2D eigenvalue weighted by Gasteiger charge is -2.09. The van der Waals surface area contributed by atoms with Gasteiger partial charge in [0.15, 0.2) is 0 Å². The summed E-state index contributed by atoms with van der Waals surface area (Å²) >= 11 is 0. The van der Waals surface area contributed by atoms with Crippen molar-refractivity contribution in [2.24, 2.45) is 0 Å². The van der Waals surface area contributed by atoms with Crippen LogP contribution in [0, 0.1) is 0 Å². The number of nitrogens with one attached hydrogen (secondary N) is 1. The Morgan fingerprint density at radius 2 is 2.14 bits per heavy atom. The largest absolute Gasteiger partial charge is 0.481 e. The molecule has 0 saturated heterocycles. The second-order valence-corrected chi connectivity index (χ2v) is 4.46. The third-order valence-corrected chi connectivity index (χ3v) is 2.94. The maximum absolute atomic E-state index is 10.6. The number of aliphatic carboxylic acids is 1. The molecular formula is C15H17N3O3. The van der Waals surface area contributed by atoms with Crippen LogP contribution in [0.1, 0.15) is 17.7 Å². The summed E-state index contributed by atoms with van der Waals surface area (Å²) in [6, 6.07) is 7.67. The number of aryl methyl sites for hydroxylation is 1. The number of hydrogen-bond acceptors (Lipinski definition) is 5. The summed E-state index contributed by atoms with van der Waals surface area (Å²) in [6.07, 6.45) is 3.83. The lowest BCUT2D eigenvalue weighted by atomic mass is 10.1. The van der Waals surface area contributed by atoms with Gasteiger partial charge in [-0.25, -0.2) is 4.98 Å². The van der Waals surface area contributed by atoms with Gasteiger partial charge in [0.25, 0.3) is 0 Å². The van der Waals surface area contributed by atoms with Gasteiger partial charge < -0.3 is 15.2 Å².